The molecule has 1 atom stereocenters. The first-order valence-electron chi connectivity index (χ1n) is 9.10. The van der Waals surface area contributed by atoms with Crippen LogP contribution in [0.3, 0.4) is 0 Å². The molecule has 138 valence electrons. The van der Waals surface area contributed by atoms with Gasteiger partial charge in [-0.3, -0.25) is 14.4 Å². The SMILES string of the molecule is CC(=O)Nc1ccc2oc(C(=O)N[C@@H](C)C3CCCCC3)cc(=O)c2c1. The zero-order valence-corrected chi connectivity index (χ0v) is 15.1. The summed E-state index contributed by atoms with van der Waals surface area (Å²) in [6.45, 7) is 3.40. The largest absolute Gasteiger partial charge is 0.451 e. The molecule has 2 aromatic rings. The molecule has 0 bridgehead atoms. The van der Waals surface area contributed by atoms with Crippen molar-refractivity contribution < 1.29 is 14.0 Å². The molecule has 0 aliphatic heterocycles. The highest BCUT2D eigenvalue weighted by Gasteiger charge is 2.23. The van der Waals surface area contributed by atoms with Gasteiger partial charge >= 0.3 is 0 Å². The lowest BCUT2D eigenvalue weighted by Gasteiger charge is -2.28. The number of carbonyl (C=O) groups excluding carboxylic acids is 2. The summed E-state index contributed by atoms with van der Waals surface area (Å²) in [7, 11) is 0. The van der Waals surface area contributed by atoms with Crippen LogP contribution in [0.15, 0.2) is 33.5 Å². The summed E-state index contributed by atoms with van der Waals surface area (Å²) in [5.74, 6) is -0.105. The summed E-state index contributed by atoms with van der Waals surface area (Å²) in [5, 5.41) is 5.92. The Morgan fingerprint density at radius 2 is 1.88 bits per heavy atom. The molecule has 1 saturated carbocycles. The van der Waals surface area contributed by atoms with Gasteiger partial charge in [-0.05, 0) is 43.9 Å². The van der Waals surface area contributed by atoms with Crippen molar-refractivity contribution >= 4 is 28.5 Å². The molecule has 1 heterocycles. The van der Waals surface area contributed by atoms with Gasteiger partial charge in [0, 0.05) is 24.7 Å². The summed E-state index contributed by atoms with van der Waals surface area (Å²) < 4.78 is 5.63. The molecule has 0 spiro atoms. The molecule has 6 nitrogen and oxygen atoms in total. The molecule has 26 heavy (non-hydrogen) atoms. The third-order valence-corrected chi connectivity index (χ3v) is 4.99. The topological polar surface area (TPSA) is 88.4 Å². The Morgan fingerprint density at radius 3 is 2.58 bits per heavy atom. The molecule has 3 rings (SSSR count). The summed E-state index contributed by atoms with van der Waals surface area (Å²) in [6, 6.07) is 6.03. The van der Waals surface area contributed by atoms with E-state index in [9.17, 15) is 14.4 Å². The lowest BCUT2D eigenvalue weighted by Crippen LogP contribution is -2.39. The third kappa shape index (κ3) is 4.12. The molecule has 0 unspecified atom stereocenters. The normalized spacial score (nSPS) is 16.2. The molecule has 0 radical (unpaired) electrons. The average Bonchev–Trinajstić information content (AvgIpc) is 2.62. The van der Waals surface area contributed by atoms with Crippen LogP contribution in [-0.4, -0.2) is 17.9 Å². The standard InChI is InChI=1S/C20H24N2O4/c1-12(14-6-4-3-5-7-14)21-20(25)19-11-17(24)16-10-15(22-13(2)23)8-9-18(16)26-19/h8-12,14H,3-7H2,1-2H3,(H,21,25)(H,22,23)/t12-/m0/s1. The number of hydrogen-bond acceptors (Lipinski definition) is 4. The number of carbonyl (C=O) groups is 2. The van der Waals surface area contributed by atoms with Crippen molar-refractivity contribution in [3.63, 3.8) is 0 Å². The van der Waals surface area contributed by atoms with E-state index in [4.69, 9.17) is 4.42 Å². The van der Waals surface area contributed by atoms with Crippen molar-refractivity contribution in [3.8, 4) is 0 Å². The fourth-order valence-electron chi connectivity index (χ4n) is 3.58. The number of anilines is 1. The van der Waals surface area contributed by atoms with E-state index in [-0.39, 0.29) is 29.0 Å². The van der Waals surface area contributed by atoms with E-state index in [0.29, 0.717) is 22.6 Å². The maximum atomic E-state index is 12.5. The zero-order chi connectivity index (χ0) is 18.7. The van der Waals surface area contributed by atoms with Gasteiger partial charge in [0.1, 0.15) is 5.58 Å². The van der Waals surface area contributed by atoms with Crippen LogP contribution in [0.5, 0.6) is 0 Å². The number of amides is 2. The minimum absolute atomic E-state index is 0.0115. The van der Waals surface area contributed by atoms with Crippen LogP contribution in [-0.2, 0) is 4.79 Å². The molecule has 1 aromatic heterocycles. The Bertz CT molecular complexity index is 881. The Morgan fingerprint density at radius 1 is 1.15 bits per heavy atom. The van der Waals surface area contributed by atoms with Crippen molar-refractivity contribution in [1.29, 1.82) is 0 Å². The molecular weight excluding hydrogens is 332 g/mol. The number of benzene rings is 1. The van der Waals surface area contributed by atoms with Crippen molar-refractivity contribution in [2.24, 2.45) is 5.92 Å². The molecule has 2 N–H and O–H groups in total. The Hall–Kier alpha value is -2.63. The summed E-state index contributed by atoms with van der Waals surface area (Å²) in [5.41, 5.74) is 0.524. The van der Waals surface area contributed by atoms with Gasteiger partial charge in [-0.2, -0.15) is 0 Å². The lowest BCUT2D eigenvalue weighted by atomic mass is 9.84. The molecule has 6 heteroatoms. The predicted molar refractivity (Wildman–Crippen MR) is 100 cm³/mol. The minimum atomic E-state index is -0.368. The molecular formula is C20H24N2O4. The van der Waals surface area contributed by atoms with Gasteiger partial charge in [0.05, 0.1) is 5.39 Å². The van der Waals surface area contributed by atoms with E-state index in [2.05, 4.69) is 10.6 Å². The predicted octanol–water partition coefficient (Wildman–Crippen LogP) is 3.45. The molecule has 0 saturated heterocycles. The Kier molecular flexibility index (Phi) is 5.40. The number of rotatable bonds is 4. The first-order chi connectivity index (χ1) is 12.4. The number of hydrogen-bond donors (Lipinski definition) is 2. The quantitative estimate of drug-likeness (QED) is 0.878. The van der Waals surface area contributed by atoms with E-state index in [1.807, 2.05) is 6.92 Å². The highest BCUT2D eigenvalue weighted by molar-refractivity contribution is 5.95. The molecule has 1 fully saturated rings. The first-order valence-corrected chi connectivity index (χ1v) is 9.10. The van der Waals surface area contributed by atoms with Gasteiger partial charge < -0.3 is 15.1 Å². The van der Waals surface area contributed by atoms with Gasteiger partial charge in [-0.25, -0.2) is 0 Å². The summed E-state index contributed by atoms with van der Waals surface area (Å²) in [6.07, 6.45) is 5.90. The second-order valence-corrected chi connectivity index (χ2v) is 7.03. The smallest absolute Gasteiger partial charge is 0.287 e. The zero-order valence-electron chi connectivity index (χ0n) is 15.1. The summed E-state index contributed by atoms with van der Waals surface area (Å²) in [4.78, 5) is 36.0. The van der Waals surface area contributed by atoms with Crippen LogP contribution in [0.1, 0.15) is 56.5 Å². The van der Waals surface area contributed by atoms with Crippen LogP contribution >= 0.6 is 0 Å². The van der Waals surface area contributed by atoms with Gasteiger partial charge in [0.15, 0.2) is 11.2 Å². The molecule has 1 aromatic carbocycles. The number of fused-ring (bicyclic) bond motifs is 1. The average molecular weight is 356 g/mol. The molecule has 1 aliphatic rings. The fourth-order valence-corrected chi connectivity index (χ4v) is 3.58. The highest BCUT2D eigenvalue weighted by atomic mass is 16.3. The Balaban J connectivity index is 1.80. The van der Waals surface area contributed by atoms with Crippen molar-refractivity contribution in [3.05, 3.63) is 40.2 Å². The van der Waals surface area contributed by atoms with E-state index in [1.165, 1.54) is 32.3 Å². The molecule has 1 aliphatic carbocycles. The van der Waals surface area contributed by atoms with E-state index in [1.54, 1.807) is 18.2 Å². The fraction of sp³-hybridized carbons (Fsp3) is 0.450. The maximum Gasteiger partial charge on any atom is 0.287 e. The highest BCUT2D eigenvalue weighted by Crippen LogP contribution is 2.26. The minimum Gasteiger partial charge on any atom is -0.451 e. The van der Waals surface area contributed by atoms with Crippen LogP contribution in [0.2, 0.25) is 0 Å². The van der Waals surface area contributed by atoms with Gasteiger partial charge in [0.25, 0.3) is 5.91 Å². The van der Waals surface area contributed by atoms with Crippen LogP contribution in [0.25, 0.3) is 11.0 Å². The van der Waals surface area contributed by atoms with Crippen molar-refractivity contribution in [2.45, 2.75) is 52.0 Å². The first kappa shape index (κ1) is 18.2. The van der Waals surface area contributed by atoms with Crippen molar-refractivity contribution in [1.82, 2.24) is 5.32 Å². The third-order valence-electron chi connectivity index (χ3n) is 4.99. The second kappa shape index (κ2) is 7.72. The van der Waals surface area contributed by atoms with Gasteiger partial charge in [-0.1, -0.05) is 19.3 Å². The Labute approximate surface area is 152 Å². The van der Waals surface area contributed by atoms with Crippen LogP contribution < -0.4 is 16.1 Å². The van der Waals surface area contributed by atoms with Crippen LogP contribution in [0, 0.1) is 5.92 Å². The van der Waals surface area contributed by atoms with E-state index >= 15 is 0 Å². The number of nitrogens with one attached hydrogen (secondary N) is 2. The monoisotopic (exact) mass is 356 g/mol. The molecule has 2 amide bonds. The lowest BCUT2D eigenvalue weighted by molar-refractivity contribution is -0.114. The summed E-state index contributed by atoms with van der Waals surface area (Å²) >= 11 is 0. The van der Waals surface area contributed by atoms with Gasteiger partial charge in [0.2, 0.25) is 5.91 Å². The van der Waals surface area contributed by atoms with E-state index < -0.39 is 0 Å². The van der Waals surface area contributed by atoms with E-state index in [0.717, 1.165) is 12.8 Å². The second-order valence-electron chi connectivity index (χ2n) is 7.03. The van der Waals surface area contributed by atoms with Crippen LogP contribution in [0.4, 0.5) is 5.69 Å². The van der Waals surface area contributed by atoms with Crippen molar-refractivity contribution in [2.75, 3.05) is 5.32 Å². The maximum absolute atomic E-state index is 12.5. The van der Waals surface area contributed by atoms with Gasteiger partial charge in [-0.15, -0.1) is 0 Å².